The summed E-state index contributed by atoms with van der Waals surface area (Å²) in [4.78, 5) is 0. The molecule has 1 atom stereocenters. The minimum atomic E-state index is 0.228. The number of unbranched alkanes of at least 4 members (excludes halogenated alkanes) is 4. The number of rotatable bonds is 7. The van der Waals surface area contributed by atoms with Gasteiger partial charge in [0.05, 0.1) is 0 Å². The van der Waals surface area contributed by atoms with Crippen molar-refractivity contribution in [2.45, 2.75) is 58.4 Å². The molecule has 12 heavy (non-hydrogen) atoms. The van der Waals surface area contributed by atoms with Crippen LogP contribution in [-0.2, 0) is 0 Å². The summed E-state index contributed by atoms with van der Waals surface area (Å²) in [5.74, 6) is 0. The van der Waals surface area contributed by atoms with E-state index in [0.717, 1.165) is 12.0 Å². The third-order valence-corrected chi connectivity index (χ3v) is 2.25. The Morgan fingerprint density at radius 1 is 1.25 bits per heavy atom. The van der Waals surface area contributed by atoms with Crippen LogP contribution in [-0.4, -0.2) is 6.04 Å². The van der Waals surface area contributed by atoms with Gasteiger partial charge in [0.25, 0.3) is 0 Å². The van der Waals surface area contributed by atoms with E-state index in [0.29, 0.717) is 0 Å². The molecular formula is C11H23N. The highest BCUT2D eigenvalue weighted by Crippen LogP contribution is 2.09. The van der Waals surface area contributed by atoms with Crippen molar-refractivity contribution in [1.29, 1.82) is 0 Å². The Bertz CT molecular complexity index is 118. The molecule has 2 N–H and O–H groups in total. The van der Waals surface area contributed by atoms with Crippen molar-refractivity contribution in [1.82, 2.24) is 0 Å². The third kappa shape index (κ3) is 6.41. The molecule has 0 saturated heterocycles. The second-order valence-corrected chi connectivity index (χ2v) is 3.66. The Labute approximate surface area is 77.0 Å². The van der Waals surface area contributed by atoms with Crippen LogP contribution in [0.1, 0.15) is 52.4 Å². The molecular weight excluding hydrogens is 146 g/mol. The maximum atomic E-state index is 5.83. The number of hydrogen-bond acceptors (Lipinski definition) is 1. The second kappa shape index (κ2) is 7.35. The number of nitrogens with two attached hydrogens (primary N) is 1. The van der Waals surface area contributed by atoms with Crippen molar-refractivity contribution < 1.29 is 0 Å². The highest BCUT2D eigenvalue weighted by molar-refractivity contribution is 4.99. The van der Waals surface area contributed by atoms with Gasteiger partial charge in [0, 0.05) is 6.04 Å². The summed E-state index contributed by atoms with van der Waals surface area (Å²) in [6, 6.07) is 0.228. The Hall–Kier alpha value is -0.300. The lowest BCUT2D eigenvalue weighted by molar-refractivity contribution is 0.573. The summed E-state index contributed by atoms with van der Waals surface area (Å²) < 4.78 is 0. The quantitative estimate of drug-likeness (QED) is 0.459. The Morgan fingerprint density at radius 3 is 2.33 bits per heavy atom. The van der Waals surface area contributed by atoms with Gasteiger partial charge in [-0.15, -0.1) is 0 Å². The van der Waals surface area contributed by atoms with Crippen LogP contribution in [0.3, 0.4) is 0 Å². The van der Waals surface area contributed by atoms with Crippen LogP contribution in [0.15, 0.2) is 12.2 Å². The van der Waals surface area contributed by atoms with Crippen LogP contribution in [0.2, 0.25) is 0 Å². The van der Waals surface area contributed by atoms with Gasteiger partial charge >= 0.3 is 0 Å². The maximum Gasteiger partial charge on any atom is 0.0248 e. The number of hydrogen-bond donors (Lipinski definition) is 1. The van der Waals surface area contributed by atoms with Crippen molar-refractivity contribution in [2.24, 2.45) is 5.73 Å². The zero-order valence-electron chi connectivity index (χ0n) is 8.60. The largest absolute Gasteiger partial charge is 0.324 e. The SMILES string of the molecule is C=C(C)C(N)CCCCCCC. The first-order chi connectivity index (χ1) is 5.68. The van der Waals surface area contributed by atoms with E-state index in [1.807, 2.05) is 6.92 Å². The predicted octanol–water partition coefficient (Wildman–Crippen LogP) is 3.25. The first kappa shape index (κ1) is 11.7. The molecule has 0 aliphatic carbocycles. The third-order valence-electron chi connectivity index (χ3n) is 2.25. The van der Waals surface area contributed by atoms with Crippen LogP contribution in [0.25, 0.3) is 0 Å². The van der Waals surface area contributed by atoms with E-state index in [-0.39, 0.29) is 6.04 Å². The van der Waals surface area contributed by atoms with E-state index in [4.69, 9.17) is 5.73 Å². The zero-order valence-corrected chi connectivity index (χ0v) is 8.60. The molecule has 0 amide bonds. The lowest BCUT2D eigenvalue weighted by Crippen LogP contribution is -2.20. The highest BCUT2D eigenvalue weighted by Gasteiger charge is 2.01. The molecule has 0 fully saturated rings. The van der Waals surface area contributed by atoms with Crippen LogP contribution >= 0.6 is 0 Å². The van der Waals surface area contributed by atoms with E-state index in [1.165, 1.54) is 32.1 Å². The van der Waals surface area contributed by atoms with Crippen LogP contribution in [0.4, 0.5) is 0 Å². The topological polar surface area (TPSA) is 26.0 Å². The minimum Gasteiger partial charge on any atom is -0.324 e. The standard InChI is InChI=1S/C11H23N/c1-4-5-6-7-8-9-11(12)10(2)3/h11H,2,4-9,12H2,1,3H3. The lowest BCUT2D eigenvalue weighted by atomic mass is 10.0. The molecule has 0 heterocycles. The monoisotopic (exact) mass is 169 g/mol. The Kier molecular flexibility index (Phi) is 7.17. The van der Waals surface area contributed by atoms with Gasteiger partial charge in [-0.3, -0.25) is 0 Å². The van der Waals surface area contributed by atoms with Gasteiger partial charge in [-0.05, 0) is 13.3 Å². The van der Waals surface area contributed by atoms with E-state index < -0.39 is 0 Å². The van der Waals surface area contributed by atoms with Gasteiger partial charge in [0.2, 0.25) is 0 Å². The summed E-state index contributed by atoms with van der Waals surface area (Å²) in [6.45, 7) is 8.09. The molecule has 0 bridgehead atoms. The molecule has 1 heteroatoms. The normalized spacial score (nSPS) is 12.9. The van der Waals surface area contributed by atoms with Gasteiger partial charge in [0.15, 0.2) is 0 Å². The molecule has 0 aromatic rings. The van der Waals surface area contributed by atoms with Crippen molar-refractivity contribution in [3.63, 3.8) is 0 Å². The summed E-state index contributed by atoms with van der Waals surface area (Å²) in [7, 11) is 0. The highest BCUT2D eigenvalue weighted by atomic mass is 14.6. The molecule has 0 aliphatic rings. The molecule has 0 rings (SSSR count). The van der Waals surface area contributed by atoms with Gasteiger partial charge in [0.1, 0.15) is 0 Å². The molecule has 0 saturated carbocycles. The fourth-order valence-corrected chi connectivity index (χ4v) is 1.21. The lowest BCUT2D eigenvalue weighted by Gasteiger charge is -2.10. The average molecular weight is 169 g/mol. The second-order valence-electron chi connectivity index (χ2n) is 3.66. The molecule has 0 radical (unpaired) electrons. The Morgan fingerprint density at radius 2 is 1.83 bits per heavy atom. The molecule has 0 aliphatic heterocycles. The summed E-state index contributed by atoms with van der Waals surface area (Å²) >= 11 is 0. The van der Waals surface area contributed by atoms with Crippen molar-refractivity contribution in [3.05, 3.63) is 12.2 Å². The van der Waals surface area contributed by atoms with E-state index in [2.05, 4.69) is 13.5 Å². The van der Waals surface area contributed by atoms with Gasteiger partial charge in [-0.2, -0.15) is 0 Å². The van der Waals surface area contributed by atoms with Crippen molar-refractivity contribution >= 4 is 0 Å². The first-order valence-corrected chi connectivity index (χ1v) is 5.09. The van der Waals surface area contributed by atoms with Crippen LogP contribution in [0.5, 0.6) is 0 Å². The van der Waals surface area contributed by atoms with E-state index in [1.54, 1.807) is 0 Å². The van der Waals surface area contributed by atoms with Crippen LogP contribution in [0, 0.1) is 0 Å². The van der Waals surface area contributed by atoms with Crippen LogP contribution < -0.4 is 5.73 Å². The van der Waals surface area contributed by atoms with Crippen molar-refractivity contribution in [2.75, 3.05) is 0 Å². The maximum absolute atomic E-state index is 5.83. The summed E-state index contributed by atoms with van der Waals surface area (Å²) in [6.07, 6.45) is 7.73. The molecule has 0 aromatic carbocycles. The minimum absolute atomic E-state index is 0.228. The predicted molar refractivity (Wildman–Crippen MR) is 56.2 cm³/mol. The fourth-order valence-electron chi connectivity index (χ4n) is 1.21. The zero-order chi connectivity index (χ0) is 9.40. The van der Waals surface area contributed by atoms with E-state index >= 15 is 0 Å². The molecule has 0 aromatic heterocycles. The van der Waals surface area contributed by atoms with Gasteiger partial charge in [-0.1, -0.05) is 51.2 Å². The van der Waals surface area contributed by atoms with Crippen molar-refractivity contribution in [3.8, 4) is 0 Å². The van der Waals surface area contributed by atoms with E-state index in [9.17, 15) is 0 Å². The average Bonchev–Trinajstić information content (AvgIpc) is 2.03. The first-order valence-electron chi connectivity index (χ1n) is 5.09. The van der Waals surface area contributed by atoms with Gasteiger partial charge in [-0.25, -0.2) is 0 Å². The molecule has 0 spiro atoms. The molecule has 1 nitrogen and oxygen atoms in total. The smallest absolute Gasteiger partial charge is 0.0248 e. The Balaban J connectivity index is 3.14. The molecule has 1 unspecified atom stereocenters. The fraction of sp³-hybridized carbons (Fsp3) is 0.818. The summed E-state index contributed by atoms with van der Waals surface area (Å²) in [5, 5.41) is 0. The molecule has 72 valence electrons. The summed E-state index contributed by atoms with van der Waals surface area (Å²) in [5.41, 5.74) is 6.95. The van der Waals surface area contributed by atoms with Gasteiger partial charge < -0.3 is 5.73 Å².